The molecular weight excluding hydrogens is 386 g/mol. The highest BCUT2D eigenvalue weighted by molar-refractivity contribution is 5.94. The van der Waals surface area contributed by atoms with Gasteiger partial charge in [0, 0.05) is 18.7 Å². The average Bonchev–Trinajstić information content (AvgIpc) is 3.29. The van der Waals surface area contributed by atoms with Crippen molar-refractivity contribution in [2.24, 2.45) is 0 Å². The van der Waals surface area contributed by atoms with E-state index in [0.717, 1.165) is 29.1 Å². The standard InChI is InChI=1S/C26H23N3O2/c1-31-23-13-7-10-20(16-23)24-17-25(29(27-24)22-11-3-2-4-12-22)26(30)28-15-14-19-8-5-6-9-21(19)18-28/h2-13,16-17H,14-15,18H2,1H3. The summed E-state index contributed by atoms with van der Waals surface area (Å²) in [6.45, 7) is 1.31. The number of carbonyl (C=O) groups excluding carboxylic acids is 1. The van der Waals surface area contributed by atoms with Crippen LogP contribution in [-0.4, -0.2) is 34.2 Å². The van der Waals surface area contributed by atoms with Crippen LogP contribution in [0.25, 0.3) is 16.9 Å². The largest absolute Gasteiger partial charge is 0.497 e. The summed E-state index contributed by atoms with van der Waals surface area (Å²) >= 11 is 0. The molecule has 0 saturated carbocycles. The maximum absolute atomic E-state index is 13.6. The molecule has 0 fully saturated rings. The molecule has 0 atom stereocenters. The van der Waals surface area contributed by atoms with E-state index in [1.54, 1.807) is 11.8 Å². The molecule has 5 rings (SSSR count). The van der Waals surface area contributed by atoms with Crippen LogP contribution in [0.5, 0.6) is 5.75 Å². The summed E-state index contributed by atoms with van der Waals surface area (Å²) in [6, 6.07) is 27.7. The predicted molar refractivity (Wildman–Crippen MR) is 120 cm³/mol. The number of hydrogen-bond donors (Lipinski definition) is 0. The molecule has 1 aromatic heterocycles. The second-order valence-corrected chi connectivity index (χ2v) is 7.64. The zero-order valence-electron chi connectivity index (χ0n) is 17.4. The average molecular weight is 409 g/mol. The number of amides is 1. The quantitative estimate of drug-likeness (QED) is 0.489. The molecule has 5 heteroatoms. The first-order valence-corrected chi connectivity index (χ1v) is 10.4. The zero-order chi connectivity index (χ0) is 21.2. The van der Waals surface area contributed by atoms with Crippen molar-refractivity contribution in [2.75, 3.05) is 13.7 Å². The number of aromatic nitrogens is 2. The highest BCUT2D eigenvalue weighted by Crippen LogP contribution is 2.27. The third-order valence-corrected chi connectivity index (χ3v) is 5.71. The first-order chi connectivity index (χ1) is 15.2. The number of fused-ring (bicyclic) bond motifs is 1. The first kappa shape index (κ1) is 19.1. The van der Waals surface area contributed by atoms with Crippen LogP contribution in [0.1, 0.15) is 21.6 Å². The fourth-order valence-electron chi connectivity index (χ4n) is 4.05. The molecule has 0 bridgehead atoms. The molecule has 1 amide bonds. The van der Waals surface area contributed by atoms with Crippen molar-refractivity contribution in [2.45, 2.75) is 13.0 Å². The molecule has 3 aromatic carbocycles. The van der Waals surface area contributed by atoms with Gasteiger partial charge in [-0.15, -0.1) is 0 Å². The minimum Gasteiger partial charge on any atom is -0.497 e. The van der Waals surface area contributed by atoms with E-state index in [1.807, 2.05) is 71.6 Å². The van der Waals surface area contributed by atoms with Crippen LogP contribution in [0, 0.1) is 0 Å². The Labute approximate surface area is 181 Å². The van der Waals surface area contributed by atoms with E-state index in [1.165, 1.54) is 11.1 Å². The van der Waals surface area contributed by atoms with Crippen molar-refractivity contribution < 1.29 is 9.53 Å². The fourth-order valence-corrected chi connectivity index (χ4v) is 4.05. The molecule has 0 spiro atoms. The lowest BCUT2D eigenvalue weighted by Crippen LogP contribution is -2.36. The summed E-state index contributed by atoms with van der Waals surface area (Å²) in [5.74, 6) is 0.743. The van der Waals surface area contributed by atoms with Crippen molar-refractivity contribution in [3.8, 4) is 22.7 Å². The van der Waals surface area contributed by atoms with E-state index < -0.39 is 0 Å². The number of rotatable bonds is 4. The molecule has 0 unspecified atom stereocenters. The van der Waals surface area contributed by atoms with Crippen molar-refractivity contribution in [3.05, 3.63) is 102 Å². The van der Waals surface area contributed by atoms with Crippen LogP contribution in [0.15, 0.2) is 84.9 Å². The van der Waals surface area contributed by atoms with Gasteiger partial charge in [-0.25, -0.2) is 4.68 Å². The number of methoxy groups -OCH3 is 1. The summed E-state index contributed by atoms with van der Waals surface area (Å²) in [5.41, 5.74) is 5.59. The first-order valence-electron chi connectivity index (χ1n) is 10.4. The molecule has 1 aliphatic heterocycles. The number of para-hydroxylation sites is 1. The Balaban J connectivity index is 1.55. The van der Waals surface area contributed by atoms with Gasteiger partial charge in [-0.3, -0.25) is 4.79 Å². The Kier molecular flexibility index (Phi) is 5.00. The minimum absolute atomic E-state index is 0.0139. The third-order valence-electron chi connectivity index (χ3n) is 5.71. The summed E-state index contributed by atoms with van der Waals surface area (Å²) in [7, 11) is 1.64. The Hall–Kier alpha value is -3.86. The molecule has 4 aromatic rings. The molecule has 0 saturated heterocycles. The van der Waals surface area contributed by atoms with Crippen LogP contribution < -0.4 is 4.74 Å². The smallest absolute Gasteiger partial charge is 0.272 e. The maximum Gasteiger partial charge on any atom is 0.272 e. The molecule has 1 aliphatic rings. The zero-order valence-corrected chi connectivity index (χ0v) is 17.4. The molecular formula is C26H23N3O2. The Bertz CT molecular complexity index is 1230. The summed E-state index contributed by atoms with van der Waals surface area (Å²) in [6.07, 6.45) is 0.865. The molecule has 0 radical (unpaired) electrons. The third kappa shape index (κ3) is 3.70. The van der Waals surface area contributed by atoms with Crippen molar-refractivity contribution in [1.29, 1.82) is 0 Å². The topological polar surface area (TPSA) is 47.4 Å². The molecule has 2 heterocycles. The lowest BCUT2D eigenvalue weighted by molar-refractivity contribution is 0.0725. The lowest BCUT2D eigenvalue weighted by Gasteiger charge is -2.29. The van der Waals surface area contributed by atoms with Gasteiger partial charge in [-0.2, -0.15) is 5.10 Å². The summed E-state index contributed by atoms with van der Waals surface area (Å²) < 4.78 is 7.11. The number of nitrogens with zero attached hydrogens (tertiary/aromatic N) is 3. The monoisotopic (exact) mass is 409 g/mol. The van der Waals surface area contributed by atoms with Gasteiger partial charge in [0.05, 0.1) is 18.5 Å². The van der Waals surface area contributed by atoms with E-state index in [2.05, 4.69) is 18.2 Å². The van der Waals surface area contributed by atoms with Crippen LogP contribution in [0.3, 0.4) is 0 Å². The second-order valence-electron chi connectivity index (χ2n) is 7.64. The normalized spacial score (nSPS) is 13.0. The van der Waals surface area contributed by atoms with Crippen molar-refractivity contribution in [1.82, 2.24) is 14.7 Å². The lowest BCUT2D eigenvalue weighted by atomic mass is 9.99. The van der Waals surface area contributed by atoms with E-state index in [-0.39, 0.29) is 5.91 Å². The van der Waals surface area contributed by atoms with Crippen molar-refractivity contribution >= 4 is 5.91 Å². The van der Waals surface area contributed by atoms with Gasteiger partial charge in [-0.05, 0) is 47.9 Å². The van der Waals surface area contributed by atoms with E-state index >= 15 is 0 Å². The fraction of sp³-hybridized carbons (Fsp3) is 0.154. The van der Waals surface area contributed by atoms with Gasteiger partial charge in [0.25, 0.3) is 5.91 Å². The van der Waals surface area contributed by atoms with E-state index in [4.69, 9.17) is 9.84 Å². The number of benzene rings is 3. The Morgan fingerprint density at radius 2 is 1.68 bits per heavy atom. The predicted octanol–water partition coefficient (Wildman–Crippen LogP) is 4.75. The number of ether oxygens (including phenoxy) is 1. The van der Waals surface area contributed by atoms with E-state index in [9.17, 15) is 4.79 Å². The van der Waals surface area contributed by atoms with Crippen LogP contribution in [0.4, 0.5) is 0 Å². The van der Waals surface area contributed by atoms with Crippen LogP contribution >= 0.6 is 0 Å². The molecule has 0 aliphatic carbocycles. The van der Waals surface area contributed by atoms with Gasteiger partial charge in [0.15, 0.2) is 0 Å². The maximum atomic E-state index is 13.6. The van der Waals surface area contributed by atoms with Gasteiger partial charge in [0.1, 0.15) is 11.4 Å². The molecule has 154 valence electrons. The number of hydrogen-bond acceptors (Lipinski definition) is 3. The second kappa shape index (κ2) is 8.11. The highest BCUT2D eigenvalue weighted by atomic mass is 16.5. The van der Waals surface area contributed by atoms with Crippen molar-refractivity contribution in [3.63, 3.8) is 0 Å². The molecule has 31 heavy (non-hydrogen) atoms. The number of carbonyl (C=O) groups is 1. The molecule has 0 N–H and O–H groups in total. The van der Waals surface area contributed by atoms with Gasteiger partial charge in [0.2, 0.25) is 0 Å². The van der Waals surface area contributed by atoms with E-state index in [0.29, 0.717) is 18.8 Å². The highest BCUT2D eigenvalue weighted by Gasteiger charge is 2.26. The minimum atomic E-state index is -0.0139. The van der Waals surface area contributed by atoms with Crippen LogP contribution in [0.2, 0.25) is 0 Å². The van der Waals surface area contributed by atoms with Gasteiger partial charge in [-0.1, -0.05) is 54.6 Å². The Morgan fingerprint density at radius 1 is 0.903 bits per heavy atom. The SMILES string of the molecule is COc1cccc(-c2cc(C(=O)N3CCc4ccccc4C3)n(-c3ccccc3)n2)c1. The Morgan fingerprint density at radius 3 is 2.48 bits per heavy atom. The summed E-state index contributed by atoms with van der Waals surface area (Å²) in [5, 5.41) is 4.80. The molecule has 5 nitrogen and oxygen atoms in total. The van der Waals surface area contributed by atoms with Gasteiger partial charge < -0.3 is 9.64 Å². The van der Waals surface area contributed by atoms with Crippen LogP contribution in [-0.2, 0) is 13.0 Å². The van der Waals surface area contributed by atoms with Gasteiger partial charge >= 0.3 is 0 Å². The summed E-state index contributed by atoms with van der Waals surface area (Å²) in [4.78, 5) is 15.5.